The van der Waals surface area contributed by atoms with E-state index in [-0.39, 0.29) is 0 Å². The van der Waals surface area contributed by atoms with Crippen LogP contribution in [0.15, 0.2) is 67.0 Å². The second kappa shape index (κ2) is 5.74. The van der Waals surface area contributed by atoms with E-state index >= 15 is 0 Å². The first-order valence-corrected chi connectivity index (χ1v) is 6.97. The zero-order chi connectivity index (χ0) is 13.8. The monoisotopic (exact) mass is 263 g/mol. The van der Waals surface area contributed by atoms with Gasteiger partial charge < -0.3 is 5.21 Å². The normalized spacial score (nSPS) is 10.8. The van der Waals surface area contributed by atoms with Crippen molar-refractivity contribution in [3.63, 3.8) is 0 Å². The summed E-state index contributed by atoms with van der Waals surface area (Å²) >= 11 is 0. The summed E-state index contributed by atoms with van der Waals surface area (Å²) in [5.74, 6) is 0. The van der Waals surface area contributed by atoms with Gasteiger partial charge in [0.05, 0.1) is 0 Å². The van der Waals surface area contributed by atoms with Crippen LogP contribution in [0.2, 0.25) is 0 Å². The molecule has 100 valence electrons. The molecule has 0 atom stereocenters. The highest BCUT2D eigenvalue weighted by molar-refractivity contribution is 5.85. The Labute approximate surface area is 118 Å². The maximum absolute atomic E-state index is 11.2. The van der Waals surface area contributed by atoms with Crippen molar-refractivity contribution >= 4 is 10.8 Å². The summed E-state index contributed by atoms with van der Waals surface area (Å²) in [6.07, 6.45) is 6.21. The van der Waals surface area contributed by atoms with Crippen molar-refractivity contribution < 1.29 is 4.73 Å². The van der Waals surface area contributed by atoms with E-state index in [9.17, 15) is 5.21 Å². The Morgan fingerprint density at radius 2 is 1.70 bits per heavy atom. The van der Waals surface area contributed by atoms with E-state index < -0.39 is 0 Å². The minimum atomic E-state index is 0.868. The molecule has 20 heavy (non-hydrogen) atoms. The Morgan fingerprint density at radius 1 is 0.850 bits per heavy atom. The minimum Gasteiger partial charge on any atom is -0.619 e. The standard InChI is InChI=1S/C18H17NO/c20-19-13-5-7-15(14-19)6-3-9-17-11-4-10-16-8-1-2-12-18(16)17/h1-2,4-5,7-8,10-14H,3,6,9H2. The maximum atomic E-state index is 11.2. The van der Waals surface area contributed by atoms with Crippen LogP contribution in [-0.2, 0) is 12.8 Å². The van der Waals surface area contributed by atoms with Crippen molar-refractivity contribution in [3.05, 3.63) is 83.3 Å². The molecule has 0 fully saturated rings. The fraction of sp³-hybridized carbons (Fsp3) is 0.167. The number of rotatable bonds is 4. The van der Waals surface area contributed by atoms with E-state index in [1.54, 1.807) is 12.3 Å². The van der Waals surface area contributed by atoms with Crippen LogP contribution in [0.4, 0.5) is 0 Å². The van der Waals surface area contributed by atoms with Gasteiger partial charge in [-0.1, -0.05) is 42.5 Å². The number of fused-ring (bicyclic) bond motifs is 1. The SMILES string of the molecule is [O-][n+]1cccc(CCCc2cccc3ccccc23)c1. The van der Waals surface area contributed by atoms with Crippen LogP contribution in [0.25, 0.3) is 10.8 Å². The molecule has 3 aromatic rings. The molecule has 0 N–H and O–H groups in total. The lowest BCUT2D eigenvalue weighted by molar-refractivity contribution is -0.605. The molecule has 0 aliphatic carbocycles. The Bertz CT molecular complexity index is 716. The molecule has 0 amide bonds. The molecular weight excluding hydrogens is 246 g/mol. The van der Waals surface area contributed by atoms with Crippen molar-refractivity contribution in [3.8, 4) is 0 Å². The third-order valence-corrected chi connectivity index (χ3v) is 3.63. The summed E-state index contributed by atoms with van der Waals surface area (Å²) in [5.41, 5.74) is 2.48. The quantitative estimate of drug-likeness (QED) is 0.521. The lowest BCUT2D eigenvalue weighted by Gasteiger charge is -2.06. The average molecular weight is 263 g/mol. The Hall–Kier alpha value is -2.35. The number of nitrogens with zero attached hydrogens (tertiary/aromatic N) is 1. The zero-order valence-corrected chi connectivity index (χ0v) is 11.3. The topological polar surface area (TPSA) is 26.9 Å². The van der Waals surface area contributed by atoms with E-state index in [0.29, 0.717) is 0 Å². The molecule has 3 rings (SSSR count). The predicted octanol–water partition coefficient (Wildman–Crippen LogP) is 3.65. The number of hydrogen-bond acceptors (Lipinski definition) is 1. The van der Waals surface area contributed by atoms with Gasteiger partial charge in [-0.3, -0.25) is 0 Å². The molecule has 1 aromatic heterocycles. The molecule has 0 saturated heterocycles. The molecular formula is C18H17NO. The van der Waals surface area contributed by atoms with Gasteiger partial charge in [-0.2, -0.15) is 4.73 Å². The summed E-state index contributed by atoms with van der Waals surface area (Å²) in [5, 5.41) is 13.8. The largest absolute Gasteiger partial charge is 0.619 e. The number of hydrogen-bond donors (Lipinski definition) is 0. The van der Waals surface area contributed by atoms with Crippen LogP contribution in [-0.4, -0.2) is 0 Å². The van der Waals surface area contributed by atoms with E-state index in [0.717, 1.165) is 29.6 Å². The second-order valence-electron chi connectivity index (χ2n) is 5.06. The van der Waals surface area contributed by atoms with Gasteiger partial charge in [0, 0.05) is 11.6 Å². The molecule has 2 nitrogen and oxygen atoms in total. The molecule has 0 radical (unpaired) electrons. The fourth-order valence-electron chi connectivity index (χ4n) is 2.64. The Morgan fingerprint density at radius 3 is 2.60 bits per heavy atom. The molecule has 0 aliphatic rings. The Kier molecular flexibility index (Phi) is 3.64. The van der Waals surface area contributed by atoms with Gasteiger partial charge >= 0.3 is 0 Å². The van der Waals surface area contributed by atoms with E-state index in [1.165, 1.54) is 22.5 Å². The van der Waals surface area contributed by atoms with Crippen molar-refractivity contribution in [1.29, 1.82) is 0 Å². The maximum Gasteiger partial charge on any atom is 0.183 e. The summed E-state index contributed by atoms with van der Waals surface area (Å²) in [4.78, 5) is 0. The van der Waals surface area contributed by atoms with E-state index in [4.69, 9.17) is 0 Å². The Balaban J connectivity index is 1.71. The van der Waals surface area contributed by atoms with E-state index in [1.807, 2.05) is 6.07 Å². The van der Waals surface area contributed by atoms with Crippen LogP contribution in [0, 0.1) is 5.21 Å². The number of pyridine rings is 1. The van der Waals surface area contributed by atoms with Crippen LogP contribution in [0.3, 0.4) is 0 Å². The first kappa shape index (κ1) is 12.7. The van der Waals surface area contributed by atoms with Crippen molar-refractivity contribution in [2.75, 3.05) is 0 Å². The van der Waals surface area contributed by atoms with Gasteiger partial charge in [0.25, 0.3) is 0 Å². The first-order valence-electron chi connectivity index (χ1n) is 6.97. The number of aromatic nitrogens is 1. The van der Waals surface area contributed by atoms with Crippen molar-refractivity contribution in [1.82, 2.24) is 0 Å². The lowest BCUT2D eigenvalue weighted by Crippen LogP contribution is -2.24. The van der Waals surface area contributed by atoms with Gasteiger partial charge in [0.2, 0.25) is 0 Å². The van der Waals surface area contributed by atoms with Gasteiger partial charge in [-0.25, -0.2) is 0 Å². The molecule has 0 saturated carbocycles. The average Bonchev–Trinajstić information content (AvgIpc) is 2.48. The molecule has 0 aliphatic heterocycles. The van der Waals surface area contributed by atoms with Gasteiger partial charge in [0.15, 0.2) is 12.4 Å². The summed E-state index contributed by atoms with van der Waals surface area (Å²) in [7, 11) is 0. The second-order valence-corrected chi connectivity index (χ2v) is 5.06. The molecule has 0 unspecified atom stereocenters. The smallest absolute Gasteiger partial charge is 0.183 e. The van der Waals surface area contributed by atoms with Gasteiger partial charge in [-0.05, 0) is 41.7 Å². The minimum absolute atomic E-state index is 0.868. The lowest BCUT2D eigenvalue weighted by atomic mass is 9.99. The highest BCUT2D eigenvalue weighted by Gasteiger charge is 2.02. The molecule has 2 aromatic carbocycles. The summed E-state index contributed by atoms with van der Waals surface area (Å²) < 4.78 is 0.868. The summed E-state index contributed by atoms with van der Waals surface area (Å²) in [6, 6.07) is 18.8. The van der Waals surface area contributed by atoms with Crippen molar-refractivity contribution in [2.45, 2.75) is 19.3 Å². The summed E-state index contributed by atoms with van der Waals surface area (Å²) in [6.45, 7) is 0. The van der Waals surface area contributed by atoms with Crippen LogP contribution in [0.5, 0.6) is 0 Å². The highest BCUT2D eigenvalue weighted by Crippen LogP contribution is 2.20. The molecule has 0 bridgehead atoms. The van der Waals surface area contributed by atoms with E-state index in [2.05, 4.69) is 42.5 Å². The highest BCUT2D eigenvalue weighted by atomic mass is 16.5. The van der Waals surface area contributed by atoms with Crippen molar-refractivity contribution in [2.24, 2.45) is 0 Å². The van der Waals surface area contributed by atoms with Crippen LogP contribution < -0.4 is 4.73 Å². The predicted molar refractivity (Wildman–Crippen MR) is 81.4 cm³/mol. The molecule has 0 spiro atoms. The third-order valence-electron chi connectivity index (χ3n) is 3.63. The van der Waals surface area contributed by atoms with Crippen LogP contribution >= 0.6 is 0 Å². The fourth-order valence-corrected chi connectivity index (χ4v) is 2.64. The van der Waals surface area contributed by atoms with Gasteiger partial charge in [-0.15, -0.1) is 0 Å². The number of aryl methyl sites for hydroxylation is 2. The van der Waals surface area contributed by atoms with Crippen LogP contribution in [0.1, 0.15) is 17.5 Å². The zero-order valence-electron chi connectivity index (χ0n) is 11.3. The molecule has 2 heteroatoms. The third kappa shape index (κ3) is 2.80. The number of benzene rings is 2. The molecule has 1 heterocycles. The first-order chi connectivity index (χ1) is 9.83. The van der Waals surface area contributed by atoms with Gasteiger partial charge in [0.1, 0.15) is 0 Å².